The third-order valence-corrected chi connectivity index (χ3v) is 5.90. The quantitative estimate of drug-likeness (QED) is 0.667. The molecule has 5 heteroatoms. The lowest BCUT2D eigenvalue weighted by Crippen LogP contribution is -2.52. The van der Waals surface area contributed by atoms with E-state index in [1.807, 2.05) is 6.92 Å². The summed E-state index contributed by atoms with van der Waals surface area (Å²) >= 11 is 0. The van der Waals surface area contributed by atoms with Crippen molar-refractivity contribution in [3.05, 3.63) is 0 Å². The smallest absolute Gasteiger partial charge is 0.237 e. The second-order valence-electron chi connectivity index (χ2n) is 7.72. The van der Waals surface area contributed by atoms with Crippen molar-refractivity contribution >= 4 is 11.8 Å². The van der Waals surface area contributed by atoms with Gasteiger partial charge in [-0.25, -0.2) is 0 Å². The molecule has 2 unspecified atom stereocenters. The largest absolute Gasteiger partial charge is 0.353 e. The molecule has 5 atom stereocenters. The van der Waals surface area contributed by atoms with Crippen LogP contribution in [0.3, 0.4) is 0 Å². The molecular formula is C18H31N3O2. The van der Waals surface area contributed by atoms with Gasteiger partial charge in [-0.15, -0.1) is 0 Å². The van der Waals surface area contributed by atoms with Gasteiger partial charge < -0.3 is 16.0 Å². The van der Waals surface area contributed by atoms with Gasteiger partial charge in [-0.05, 0) is 50.5 Å². The van der Waals surface area contributed by atoms with E-state index in [0.717, 1.165) is 38.6 Å². The van der Waals surface area contributed by atoms with Gasteiger partial charge in [0, 0.05) is 12.1 Å². The number of hydrogen-bond donors (Lipinski definition) is 3. The van der Waals surface area contributed by atoms with Crippen molar-refractivity contribution in [2.24, 2.45) is 17.8 Å². The Hall–Kier alpha value is -1.10. The van der Waals surface area contributed by atoms with Crippen LogP contribution in [-0.4, -0.2) is 36.5 Å². The topological polar surface area (TPSA) is 70.2 Å². The van der Waals surface area contributed by atoms with Crippen molar-refractivity contribution in [1.29, 1.82) is 0 Å². The molecule has 5 nitrogen and oxygen atoms in total. The molecule has 2 aliphatic carbocycles. The summed E-state index contributed by atoms with van der Waals surface area (Å²) in [5, 5.41) is 9.65. The molecule has 1 heterocycles. The molecule has 0 spiro atoms. The molecule has 2 saturated carbocycles. The van der Waals surface area contributed by atoms with Crippen LogP contribution in [0.5, 0.6) is 0 Å². The Morgan fingerprint density at radius 3 is 2.70 bits per heavy atom. The van der Waals surface area contributed by atoms with E-state index >= 15 is 0 Å². The summed E-state index contributed by atoms with van der Waals surface area (Å²) in [5.41, 5.74) is 0. The van der Waals surface area contributed by atoms with E-state index in [2.05, 4.69) is 22.9 Å². The Morgan fingerprint density at radius 1 is 1.22 bits per heavy atom. The molecule has 3 N–H and O–H groups in total. The van der Waals surface area contributed by atoms with Crippen molar-refractivity contribution < 1.29 is 9.59 Å². The molecular weight excluding hydrogens is 290 g/mol. The van der Waals surface area contributed by atoms with Gasteiger partial charge in [-0.2, -0.15) is 0 Å². The van der Waals surface area contributed by atoms with Crippen LogP contribution in [0.15, 0.2) is 0 Å². The lowest BCUT2D eigenvalue weighted by Gasteiger charge is -2.27. The van der Waals surface area contributed by atoms with Gasteiger partial charge in [0.15, 0.2) is 0 Å². The molecule has 1 aliphatic heterocycles. The van der Waals surface area contributed by atoms with Gasteiger partial charge in [0.2, 0.25) is 11.8 Å². The molecule has 3 rings (SSSR count). The summed E-state index contributed by atoms with van der Waals surface area (Å²) < 4.78 is 0. The molecule has 2 amide bonds. The van der Waals surface area contributed by atoms with Crippen molar-refractivity contribution in [1.82, 2.24) is 16.0 Å². The summed E-state index contributed by atoms with van der Waals surface area (Å²) in [5.74, 6) is 1.19. The van der Waals surface area contributed by atoms with Crippen LogP contribution in [0.4, 0.5) is 0 Å². The van der Waals surface area contributed by atoms with E-state index in [0.29, 0.717) is 17.9 Å². The Kier molecular flexibility index (Phi) is 5.24. The summed E-state index contributed by atoms with van der Waals surface area (Å²) in [6.45, 7) is 5.02. The first-order chi connectivity index (χ1) is 11.1. The number of fused-ring (bicyclic) bond motifs is 1. The summed E-state index contributed by atoms with van der Waals surface area (Å²) in [7, 11) is 0. The highest BCUT2D eigenvalue weighted by molar-refractivity contribution is 5.85. The first-order valence-electron chi connectivity index (χ1n) is 9.44. The Bertz CT molecular complexity index is 450. The van der Waals surface area contributed by atoms with E-state index in [1.165, 1.54) is 12.8 Å². The Labute approximate surface area is 139 Å². The lowest BCUT2D eigenvalue weighted by molar-refractivity contribution is -0.128. The van der Waals surface area contributed by atoms with E-state index in [1.54, 1.807) is 0 Å². The number of carbonyl (C=O) groups excluding carboxylic acids is 2. The molecule has 0 bridgehead atoms. The molecule has 130 valence electrons. The standard InChI is InChI=1S/C18H31N3O2/c1-3-5-15(11(2)17(22)20-13-8-9-13)21-18(23)16-14-7-4-6-12(14)10-19-16/h11-16,19H,3-10H2,1-2H3,(H,20,22)(H,21,23)/t11?,12-,14-,15?,16-/m0/s1. The summed E-state index contributed by atoms with van der Waals surface area (Å²) in [4.78, 5) is 25.0. The van der Waals surface area contributed by atoms with Crippen molar-refractivity contribution in [3.8, 4) is 0 Å². The van der Waals surface area contributed by atoms with Gasteiger partial charge in [0.1, 0.15) is 0 Å². The van der Waals surface area contributed by atoms with Gasteiger partial charge in [-0.3, -0.25) is 9.59 Å². The minimum Gasteiger partial charge on any atom is -0.353 e. The van der Waals surface area contributed by atoms with E-state index in [9.17, 15) is 9.59 Å². The van der Waals surface area contributed by atoms with Crippen LogP contribution in [0.25, 0.3) is 0 Å². The van der Waals surface area contributed by atoms with E-state index in [4.69, 9.17) is 0 Å². The van der Waals surface area contributed by atoms with Gasteiger partial charge in [-0.1, -0.05) is 26.7 Å². The van der Waals surface area contributed by atoms with E-state index < -0.39 is 0 Å². The monoisotopic (exact) mass is 321 g/mol. The highest BCUT2D eigenvalue weighted by atomic mass is 16.2. The van der Waals surface area contributed by atoms with Crippen molar-refractivity contribution in [2.45, 2.75) is 76.9 Å². The van der Waals surface area contributed by atoms with Gasteiger partial charge in [0.05, 0.1) is 12.0 Å². The SMILES string of the molecule is CCCC(NC(=O)[C@H]1NC[C@@H]2CCC[C@@H]21)C(C)C(=O)NC1CC1. The average Bonchev–Trinajstić information content (AvgIpc) is 3.06. The second kappa shape index (κ2) is 7.20. The zero-order valence-electron chi connectivity index (χ0n) is 14.4. The molecule has 23 heavy (non-hydrogen) atoms. The second-order valence-corrected chi connectivity index (χ2v) is 7.72. The fraction of sp³-hybridized carbons (Fsp3) is 0.889. The lowest BCUT2D eigenvalue weighted by atomic mass is 9.92. The van der Waals surface area contributed by atoms with Gasteiger partial charge in [0.25, 0.3) is 0 Å². The fourth-order valence-electron chi connectivity index (χ4n) is 4.25. The predicted octanol–water partition coefficient (Wildman–Crippen LogP) is 1.57. The van der Waals surface area contributed by atoms with E-state index in [-0.39, 0.29) is 29.8 Å². The first-order valence-corrected chi connectivity index (χ1v) is 9.44. The highest BCUT2D eigenvalue weighted by Crippen LogP contribution is 2.37. The van der Waals surface area contributed by atoms with Crippen LogP contribution in [-0.2, 0) is 9.59 Å². The molecule has 0 aromatic rings. The maximum Gasteiger partial charge on any atom is 0.237 e. The van der Waals surface area contributed by atoms with Gasteiger partial charge >= 0.3 is 0 Å². The molecule has 0 aromatic heterocycles. The molecule has 0 radical (unpaired) electrons. The van der Waals surface area contributed by atoms with Crippen LogP contribution in [0.1, 0.15) is 58.8 Å². The predicted molar refractivity (Wildman–Crippen MR) is 89.8 cm³/mol. The van der Waals surface area contributed by atoms with Crippen LogP contribution >= 0.6 is 0 Å². The maximum atomic E-state index is 12.7. The normalized spacial score (nSPS) is 32.2. The Balaban J connectivity index is 1.57. The maximum absolute atomic E-state index is 12.7. The van der Waals surface area contributed by atoms with Crippen LogP contribution < -0.4 is 16.0 Å². The van der Waals surface area contributed by atoms with Crippen molar-refractivity contribution in [3.63, 3.8) is 0 Å². The average molecular weight is 321 g/mol. The minimum absolute atomic E-state index is 0.0550. The highest BCUT2D eigenvalue weighted by Gasteiger charge is 2.43. The summed E-state index contributed by atoms with van der Waals surface area (Å²) in [6.07, 6.45) is 7.67. The molecule has 3 fully saturated rings. The number of hydrogen-bond acceptors (Lipinski definition) is 3. The number of amides is 2. The number of rotatable bonds is 7. The summed E-state index contributed by atoms with van der Waals surface area (Å²) in [6, 6.07) is 0.257. The fourth-order valence-corrected chi connectivity index (χ4v) is 4.25. The van der Waals surface area contributed by atoms with Crippen LogP contribution in [0.2, 0.25) is 0 Å². The third kappa shape index (κ3) is 3.87. The first kappa shape index (κ1) is 16.7. The Morgan fingerprint density at radius 2 is 2.00 bits per heavy atom. The number of nitrogens with one attached hydrogen (secondary N) is 3. The number of carbonyl (C=O) groups is 2. The molecule has 1 saturated heterocycles. The molecule has 0 aromatic carbocycles. The van der Waals surface area contributed by atoms with Crippen LogP contribution in [0, 0.1) is 17.8 Å². The third-order valence-electron chi connectivity index (χ3n) is 5.90. The van der Waals surface area contributed by atoms with Crippen molar-refractivity contribution in [2.75, 3.05) is 6.54 Å². The minimum atomic E-state index is -0.166. The molecule has 3 aliphatic rings. The zero-order chi connectivity index (χ0) is 16.4. The zero-order valence-corrected chi connectivity index (χ0v) is 14.4.